The number of hydrogen-bond donors (Lipinski definition) is 3. The zero-order valence-electron chi connectivity index (χ0n) is 18.3. The topological polar surface area (TPSA) is 107 Å². The van der Waals surface area contributed by atoms with E-state index in [0.29, 0.717) is 5.84 Å². The fourth-order valence-electron chi connectivity index (χ4n) is 3.44. The van der Waals surface area contributed by atoms with Crippen LogP contribution in [-0.4, -0.2) is 27.1 Å². The molecule has 0 aliphatic carbocycles. The summed E-state index contributed by atoms with van der Waals surface area (Å²) in [7, 11) is 0. The number of benzene rings is 2. The lowest BCUT2D eigenvalue weighted by Crippen LogP contribution is -2.46. The molecular formula is C24H26N6O2. The van der Waals surface area contributed by atoms with E-state index in [2.05, 4.69) is 39.9 Å². The Hall–Kier alpha value is -3.75. The third-order valence-electron chi connectivity index (χ3n) is 5.29. The second-order valence-corrected chi connectivity index (χ2v) is 8.26. The van der Waals surface area contributed by atoms with Crippen LogP contribution >= 0.6 is 0 Å². The molecule has 3 aromatic rings. The van der Waals surface area contributed by atoms with Gasteiger partial charge in [-0.15, -0.1) is 15.8 Å². The molecule has 0 atom stereocenters. The van der Waals surface area contributed by atoms with E-state index in [1.165, 1.54) is 5.56 Å². The molecule has 0 radical (unpaired) electrons. The first kappa shape index (κ1) is 21.5. The molecule has 2 heterocycles. The molecule has 1 aromatic heterocycles. The van der Waals surface area contributed by atoms with Crippen molar-refractivity contribution in [3.8, 4) is 11.3 Å². The first-order chi connectivity index (χ1) is 15.2. The quantitative estimate of drug-likeness (QED) is 0.574. The summed E-state index contributed by atoms with van der Waals surface area (Å²) in [4.78, 5) is 15.8. The highest BCUT2D eigenvalue weighted by atomic mass is 16.3. The Balaban J connectivity index is 1.42. The number of carbonyl (C=O) groups is 1. The predicted octanol–water partition coefficient (Wildman–Crippen LogP) is 3.52. The standard InChI is InChI=1S/C24H26N6O2/c1-16-27-30(23(25)31)28-29(16)21-11-6-18(7-12-21)14-17-4-8-19(9-5-17)22-13-10-20(15-26-22)24(2,3)32/h4-13,15,28,32H,14H2,1-3H3,(H2,25,31). The Kier molecular flexibility index (Phi) is 5.65. The van der Waals surface area contributed by atoms with Crippen LogP contribution in [0.1, 0.15) is 37.5 Å². The van der Waals surface area contributed by atoms with Gasteiger partial charge in [0.1, 0.15) is 5.84 Å². The molecule has 0 unspecified atom stereocenters. The van der Waals surface area contributed by atoms with Gasteiger partial charge in [0.15, 0.2) is 0 Å². The van der Waals surface area contributed by atoms with Crippen LogP contribution in [0, 0.1) is 0 Å². The summed E-state index contributed by atoms with van der Waals surface area (Å²) >= 11 is 0. The number of urea groups is 1. The van der Waals surface area contributed by atoms with Gasteiger partial charge >= 0.3 is 6.03 Å². The molecule has 0 spiro atoms. The summed E-state index contributed by atoms with van der Waals surface area (Å²) in [5, 5.41) is 16.8. The molecule has 4 N–H and O–H groups in total. The third kappa shape index (κ3) is 4.61. The van der Waals surface area contributed by atoms with Gasteiger partial charge < -0.3 is 10.8 Å². The summed E-state index contributed by atoms with van der Waals surface area (Å²) in [6.07, 6.45) is 2.51. The molecule has 4 rings (SSSR count). The van der Waals surface area contributed by atoms with Gasteiger partial charge in [-0.3, -0.25) is 4.98 Å². The maximum Gasteiger partial charge on any atom is 0.352 e. The monoisotopic (exact) mass is 430 g/mol. The van der Waals surface area contributed by atoms with Crippen LogP contribution in [0.15, 0.2) is 72.0 Å². The van der Waals surface area contributed by atoms with Crippen LogP contribution in [0.4, 0.5) is 10.5 Å². The molecule has 1 aliphatic rings. The highest BCUT2D eigenvalue weighted by Crippen LogP contribution is 2.24. The Bertz CT molecular complexity index is 1130. The van der Waals surface area contributed by atoms with Gasteiger partial charge in [0, 0.05) is 17.3 Å². The number of nitrogens with one attached hydrogen (secondary N) is 1. The number of pyridine rings is 1. The lowest BCUT2D eigenvalue weighted by Gasteiger charge is -2.19. The van der Waals surface area contributed by atoms with Crippen LogP contribution < -0.4 is 16.3 Å². The molecule has 0 saturated carbocycles. The molecule has 2 aromatic carbocycles. The molecule has 0 bridgehead atoms. The number of aromatic nitrogens is 1. The van der Waals surface area contributed by atoms with Crippen LogP contribution in [0.2, 0.25) is 0 Å². The van der Waals surface area contributed by atoms with Gasteiger partial charge in [0.05, 0.1) is 17.0 Å². The minimum absolute atomic E-state index is 0.622. The van der Waals surface area contributed by atoms with E-state index in [0.717, 1.165) is 39.6 Å². The zero-order valence-corrected chi connectivity index (χ0v) is 18.3. The summed E-state index contributed by atoms with van der Waals surface area (Å²) in [6, 6.07) is 19.5. The second-order valence-electron chi connectivity index (χ2n) is 8.26. The van der Waals surface area contributed by atoms with Gasteiger partial charge in [-0.25, -0.2) is 9.80 Å². The Morgan fingerprint density at radius 1 is 1.03 bits per heavy atom. The van der Waals surface area contributed by atoms with Crippen LogP contribution in [0.3, 0.4) is 0 Å². The fourth-order valence-corrected chi connectivity index (χ4v) is 3.44. The minimum atomic E-state index is -0.900. The van der Waals surface area contributed by atoms with Gasteiger partial charge in [-0.2, -0.15) is 0 Å². The van der Waals surface area contributed by atoms with Crippen molar-refractivity contribution < 1.29 is 9.90 Å². The Morgan fingerprint density at radius 2 is 1.66 bits per heavy atom. The molecule has 8 nitrogen and oxygen atoms in total. The third-order valence-corrected chi connectivity index (χ3v) is 5.29. The smallest absolute Gasteiger partial charge is 0.352 e. The Morgan fingerprint density at radius 3 is 2.16 bits per heavy atom. The number of amidine groups is 1. The minimum Gasteiger partial charge on any atom is -0.386 e. The van der Waals surface area contributed by atoms with Crippen LogP contribution in [0.5, 0.6) is 0 Å². The van der Waals surface area contributed by atoms with Gasteiger partial charge in [0.2, 0.25) is 0 Å². The number of rotatable bonds is 5. The normalized spacial score (nSPS) is 13.9. The lowest BCUT2D eigenvalue weighted by atomic mass is 9.99. The summed E-state index contributed by atoms with van der Waals surface area (Å²) in [5.41, 5.74) is 13.1. The van der Waals surface area contributed by atoms with Crippen LogP contribution in [0.25, 0.3) is 11.3 Å². The average molecular weight is 431 g/mol. The number of nitrogens with two attached hydrogens (primary N) is 1. The van der Waals surface area contributed by atoms with Crippen molar-refractivity contribution in [2.75, 3.05) is 5.01 Å². The second kappa shape index (κ2) is 8.41. The number of hydrazine groups is 2. The molecule has 32 heavy (non-hydrogen) atoms. The lowest BCUT2D eigenvalue weighted by molar-refractivity contribution is 0.0782. The maximum absolute atomic E-state index is 11.3. The van der Waals surface area contributed by atoms with E-state index in [4.69, 9.17) is 5.73 Å². The van der Waals surface area contributed by atoms with E-state index >= 15 is 0 Å². The Labute approximate surface area is 186 Å². The average Bonchev–Trinajstić information content (AvgIpc) is 3.16. The first-order valence-corrected chi connectivity index (χ1v) is 10.3. The van der Waals surface area contributed by atoms with E-state index in [1.807, 2.05) is 36.4 Å². The largest absolute Gasteiger partial charge is 0.386 e. The van der Waals surface area contributed by atoms with Crippen molar-refractivity contribution in [3.05, 3.63) is 83.6 Å². The molecule has 8 heteroatoms. The zero-order chi connectivity index (χ0) is 22.9. The van der Waals surface area contributed by atoms with Crippen LogP contribution in [-0.2, 0) is 12.0 Å². The summed E-state index contributed by atoms with van der Waals surface area (Å²) < 4.78 is 0. The number of primary amides is 1. The van der Waals surface area contributed by atoms with Crippen molar-refractivity contribution in [3.63, 3.8) is 0 Å². The van der Waals surface area contributed by atoms with Crippen molar-refractivity contribution in [2.24, 2.45) is 10.8 Å². The van der Waals surface area contributed by atoms with E-state index in [-0.39, 0.29) is 0 Å². The van der Waals surface area contributed by atoms with Crippen molar-refractivity contribution in [1.82, 2.24) is 15.6 Å². The number of nitrogens with zero attached hydrogens (tertiary/aromatic N) is 4. The molecular weight excluding hydrogens is 404 g/mol. The maximum atomic E-state index is 11.3. The highest BCUT2D eigenvalue weighted by Gasteiger charge is 2.23. The fraction of sp³-hybridized carbons (Fsp3) is 0.208. The SMILES string of the molecule is CC1=NN(C(N)=O)NN1c1ccc(Cc2ccc(-c3ccc(C(C)(C)O)cn3)cc2)cc1. The number of hydrazone groups is 1. The number of amides is 2. The number of anilines is 1. The first-order valence-electron chi connectivity index (χ1n) is 10.3. The van der Waals surface area contributed by atoms with E-state index in [1.54, 1.807) is 32.0 Å². The molecule has 2 amide bonds. The van der Waals surface area contributed by atoms with Crippen molar-refractivity contribution in [1.29, 1.82) is 0 Å². The number of aliphatic hydroxyl groups is 1. The van der Waals surface area contributed by atoms with Gasteiger partial charge in [0.25, 0.3) is 0 Å². The number of hydrogen-bond acceptors (Lipinski definition) is 6. The number of carbonyl (C=O) groups excluding carboxylic acids is 1. The van der Waals surface area contributed by atoms with Crippen molar-refractivity contribution >= 4 is 17.6 Å². The molecule has 0 saturated heterocycles. The highest BCUT2D eigenvalue weighted by molar-refractivity contribution is 5.97. The molecule has 1 aliphatic heterocycles. The van der Waals surface area contributed by atoms with E-state index < -0.39 is 11.6 Å². The molecule has 0 fully saturated rings. The predicted molar refractivity (Wildman–Crippen MR) is 124 cm³/mol. The van der Waals surface area contributed by atoms with E-state index in [9.17, 15) is 9.90 Å². The summed E-state index contributed by atoms with van der Waals surface area (Å²) in [6.45, 7) is 5.28. The molecule has 164 valence electrons. The summed E-state index contributed by atoms with van der Waals surface area (Å²) in [5.74, 6) is 0.622. The van der Waals surface area contributed by atoms with Crippen molar-refractivity contribution in [2.45, 2.75) is 32.8 Å². The van der Waals surface area contributed by atoms with Gasteiger partial charge in [-0.05, 0) is 56.5 Å². The van der Waals surface area contributed by atoms with Gasteiger partial charge in [-0.1, -0.05) is 42.5 Å².